The summed E-state index contributed by atoms with van der Waals surface area (Å²) in [6.07, 6.45) is 0.886. The highest BCUT2D eigenvalue weighted by Crippen LogP contribution is 2.32. The second-order valence-corrected chi connectivity index (χ2v) is 9.92. The number of aromatic nitrogens is 1. The molecule has 3 aromatic rings. The van der Waals surface area contributed by atoms with E-state index in [2.05, 4.69) is 4.90 Å². The summed E-state index contributed by atoms with van der Waals surface area (Å²) in [6, 6.07) is 13.4. The lowest BCUT2D eigenvalue weighted by atomic mass is 10.3. The van der Waals surface area contributed by atoms with E-state index in [-0.39, 0.29) is 5.91 Å². The number of hydrogen-bond acceptors (Lipinski definition) is 7. The van der Waals surface area contributed by atoms with E-state index in [1.807, 2.05) is 47.4 Å². The van der Waals surface area contributed by atoms with Crippen molar-refractivity contribution >= 4 is 56.0 Å². The lowest BCUT2D eigenvalue weighted by Crippen LogP contribution is -2.39. The van der Waals surface area contributed by atoms with E-state index in [1.54, 1.807) is 7.11 Å². The van der Waals surface area contributed by atoms with Crippen molar-refractivity contribution in [1.82, 2.24) is 9.88 Å². The van der Waals surface area contributed by atoms with Gasteiger partial charge in [0.2, 0.25) is 5.91 Å². The number of amides is 1. The van der Waals surface area contributed by atoms with Gasteiger partial charge >= 0.3 is 0 Å². The first-order chi connectivity index (χ1) is 15.6. The first-order valence-electron chi connectivity index (χ1n) is 10.6. The van der Waals surface area contributed by atoms with Crippen LogP contribution in [0.3, 0.4) is 0 Å². The molecule has 1 aliphatic rings. The molecule has 2 heterocycles. The van der Waals surface area contributed by atoms with E-state index in [0.717, 1.165) is 65.3 Å². The summed E-state index contributed by atoms with van der Waals surface area (Å²) in [5, 5.41) is 1.42. The van der Waals surface area contributed by atoms with Gasteiger partial charge in [0.15, 0.2) is 5.13 Å². The van der Waals surface area contributed by atoms with E-state index < -0.39 is 0 Å². The van der Waals surface area contributed by atoms with Crippen molar-refractivity contribution in [1.29, 1.82) is 0 Å². The molecule has 2 aromatic carbocycles. The predicted molar refractivity (Wildman–Crippen MR) is 133 cm³/mol. The molecule has 6 nitrogen and oxygen atoms in total. The maximum Gasteiger partial charge on any atom is 0.239 e. The summed E-state index contributed by atoms with van der Waals surface area (Å²) >= 11 is 9.02. The molecule has 0 N–H and O–H groups in total. The number of fused-ring (bicyclic) bond motifs is 1. The number of hydrogen-bond donors (Lipinski definition) is 0. The van der Waals surface area contributed by atoms with E-state index in [1.165, 1.54) is 23.1 Å². The quantitative estimate of drug-likeness (QED) is 0.400. The standard InChI is InChI=1S/C23H26ClN3O3S2/c1-29-18-5-8-20-21(15-18)32-23(25-20)27(10-2-9-26-11-13-30-14-12-26)22(28)16-31-19-6-3-17(24)4-7-19/h3-8,15H,2,9-14,16H2,1H3. The Morgan fingerprint density at radius 2 is 2.03 bits per heavy atom. The second kappa shape index (κ2) is 11.3. The number of methoxy groups -OCH3 is 1. The first-order valence-corrected chi connectivity index (χ1v) is 12.7. The number of nitrogens with zero attached hydrogens (tertiary/aromatic N) is 3. The van der Waals surface area contributed by atoms with Crippen LogP contribution in [-0.2, 0) is 9.53 Å². The zero-order valence-corrected chi connectivity index (χ0v) is 20.3. The monoisotopic (exact) mass is 491 g/mol. The number of thiazole rings is 1. The van der Waals surface area contributed by atoms with Gasteiger partial charge in [-0.15, -0.1) is 11.8 Å². The number of ether oxygens (including phenoxy) is 2. The Labute approximate surface area is 201 Å². The van der Waals surface area contributed by atoms with Gasteiger partial charge in [0, 0.05) is 36.1 Å². The zero-order chi connectivity index (χ0) is 22.3. The Hall–Kier alpha value is -1.84. The van der Waals surface area contributed by atoms with E-state index >= 15 is 0 Å². The van der Waals surface area contributed by atoms with Crippen molar-refractivity contribution in [2.45, 2.75) is 11.3 Å². The van der Waals surface area contributed by atoms with Crippen molar-refractivity contribution in [3.63, 3.8) is 0 Å². The van der Waals surface area contributed by atoms with Crippen LogP contribution in [0.4, 0.5) is 5.13 Å². The Morgan fingerprint density at radius 1 is 1.25 bits per heavy atom. The number of benzene rings is 2. The molecular formula is C23H26ClN3O3S2. The van der Waals surface area contributed by atoms with Crippen molar-refractivity contribution in [2.75, 3.05) is 57.2 Å². The first kappa shape index (κ1) is 23.3. The van der Waals surface area contributed by atoms with Crippen molar-refractivity contribution < 1.29 is 14.3 Å². The number of carbonyl (C=O) groups excluding carboxylic acids is 1. The molecule has 9 heteroatoms. The van der Waals surface area contributed by atoms with Gasteiger partial charge in [-0.2, -0.15) is 0 Å². The fourth-order valence-electron chi connectivity index (χ4n) is 3.49. The van der Waals surface area contributed by atoms with E-state index in [9.17, 15) is 4.79 Å². The van der Waals surface area contributed by atoms with Gasteiger partial charge in [-0.3, -0.25) is 14.6 Å². The summed E-state index contributed by atoms with van der Waals surface area (Å²) in [4.78, 5) is 23.2. The third kappa shape index (κ3) is 6.14. The van der Waals surface area contributed by atoms with Crippen molar-refractivity contribution in [3.05, 3.63) is 47.5 Å². The molecule has 0 aliphatic carbocycles. The van der Waals surface area contributed by atoms with E-state index in [4.69, 9.17) is 26.1 Å². The maximum absolute atomic E-state index is 13.3. The lowest BCUT2D eigenvalue weighted by Gasteiger charge is -2.27. The van der Waals surface area contributed by atoms with Gasteiger partial charge < -0.3 is 9.47 Å². The minimum Gasteiger partial charge on any atom is -0.497 e. The molecule has 0 radical (unpaired) electrons. The SMILES string of the molecule is COc1ccc2nc(N(CCCN3CCOCC3)C(=O)CSc3ccc(Cl)cc3)sc2c1. The molecule has 0 atom stereocenters. The van der Waals surface area contributed by atoms with Gasteiger partial charge in [0.1, 0.15) is 5.75 Å². The fourth-order valence-corrected chi connectivity index (χ4v) is 5.43. The number of morpholine rings is 1. The average molecular weight is 492 g/mol. The van der Waals surface area contributed by atoms with Crippen LogP contribution < -0.4 is 9.64 Å². The van der Waals surface area contributed by atoms with Gasteiger partial charge in [-0.1, -0.05) is 22.9 Å². The van der Waals surface area contributed by atoms with Crippen LogP contribution in [0.25, 0.3) is 10.2 Å². The van der Waals surface area contributed by atoms with Gasteiger partial charge in [-0.25, -0.2) is 4.98 Å². The minimum atomic E-state index is 0.0537. The summed E-state index contributed by atoms with van der Waals surface area (Å²) in [5.74, 6) is 1.19. The Morgan fingerprint density at radius 3 is 2.78 bits per heavy atom. The normalized spacial score (nSPS) is 14.6. The van der Waals surface area contributed by atoms with Crippen LogP contribution in [0.15, 0.2) is 47.4 Å². The predicted octanol–water partition coefficient (Wildman–Crippen LogP) is 4.81. The third-order valence-electron chi connectivity index (χ3n) is 5.25. The molecule has 0 spiro atoms. The summed E-state index contributed by atoms with van der Waals surface area (Å²) in [5.41, 5.74) is 0.877. The van der Waals surface area contributed by atoms with Gasteiger partial charge in [-0.05, 0) is 48.9 Å². The molecule has 1 saturated heterocycles. The smallest absolute Gasteiger partial charge is 0.239 e. The van der Waals surface area contributed by atoms with Crippen LogP contribution in [-0.4, -0.2) is 68.0 Å². The minimum absolute atomic E-state index is 0.0537. The number of thioether (sulfide) groups is 1. The fraction of sp³-hybridized carbons (Fsp3) is 0.391. The summed E-state index contributed by atoms with van der Waals surface area (Å²) in [7, 11) is 1.65. The Bertz CT molecular complexity index is 1040. The molecule has 0 unspecified atom stereocenters. The molecule has 4 rings (SSSR count). The molecule has 0 bridgehead atoms. The zero-order valence-electron chi connectivity index (χ0n) is 18.0. The molecular weight excluding hydrogens is 466 g/mol. The molecule has 32 heavy (non-hydrogen) atoms. The Kier molecular flexibility index (Phi) is 8.26. The number of rotatable bonds is 9. The highest BCUT2D eigenvalue weighted by molar-refractivity contribution is 8.00. The van der Waals surface area contributed by atoms with Crippen LogP contribution in [0.2, 0.25) is 5.02 Å². The molecule has 1 amide bonds. The van der Waals surface area contributed by atoms with Crippen LogP contribution >= 0.6 is 34.7 Å². The maximum atomic E-state index is 13.3. The second-order valence-electron chi connectivity index (χ2n) is 7.43. The summed E-state index contributed by atoms with van der Waals surface area (Å²) in [6.45, 7) is 5.02. The van der Waals surface area contributed by atoms with Gasteiger partial charge in [0.05, 0.1) is 36.3 Å². The number of anilines is 1. The van der Waals surface area contributed by atoms with Gasteiger partial charge in [0.25, 0.3) is 0 Å². The lowest BCUT2D eigenvalue weighted by molar-refractivity contribution is -0.116. The Balaban J connectivity index is 1.47. The number of carbonyl (C=O) groups is 1. The van der Waals surface area contributed by atoms with Crippen LogP contribution in [0.5, 0.6) is 5.75 Å². The molecule has 170 valence electrons. The topological polar surface area (TPSA) is 54.9 Å². The molecule has 0 saturated carbocycles. The third-order valence-corrected chi connectivity index (χ3v) is 7.54. The van der Waals surface area contributed by atoms with Crippen LogP contribution in [0, 0.1) is 0 Å². The highest BCUT2D eigenvalue weighted by Gasteiger charge is 2.21. The van der Waals surface area contributed by atoms with E-state index in [0.29, 0.717) is 17.3 Å². The molecule has 1 fully saturated rings. The van der Waals surface area contributed by atoms with Crippen molar-refractivity contribution in [3.8, 4) is 5.75 Å². The molecule has 1 aliphatic heterocycles. The van der Waals surface area contributed by atoms with Crippen LogP contribution in [0.1, 0.15) is 6.42 Å². The number of halogens is 1. The van der Waals surface area contributed by atoms with Crippen molar-refractivity contribution in [2.24, 2.45) is 0 Å². The highest BCUT2D eigenvalue weighted by atomic mass is 35.5. The average Bonchev–Trinajstić information content (AvgIpc) is 3.24. The molecule has 1 aromatic heterocycles. The summed E-state index contributed by atoms with van der Waals surface area (Å²) < 4.78 is 11.8. The largest absolute Gasteiger partial charge is 0.497 e.